The average Bonchev–Trinajstić information content (AvgIpc) is 2.47. The largest absolute Gasteiger partial charge is 0.487 e. The first-order valence-corrected chi connectivity index (χ1v) is 5.70. The second kappa shape index (κ2) is 4.62. The molecule has 1 aromatic heterocycles. The summed E-state index contributed by atoms with van der Waals surface area (Å²) in [4.78, 5) is 4.41. The quantitative estimate of drug-likeness (QED) is 0.806. The lowest BCUT2D eigenvalue weighted by Gasteiger charge is -2.14. The molecule has 0 bridgehead atoms. The SMILES string of the molecule is CCC1NC[C@@H](CC)Oc2cccnc21. The summed E-state index contributed by atoms with van der Waals surface area (Å²) in [7, 11) is 0. The van der Waals surface area contributed by atoms with Crippen LogP contribution in [0.15, 0.2) is 18.3 Å². The Morgan fingerprint density at radius 1 is 1.47 bits per heavy atom. The van der Waals surface area contributed by atoms with Gasteiger partial charge in [-0.3, -0.25) is 4.98 Å². The zero-order chi connectivity index (χ0) is 10.7. The maximum absolute atomic E-state index is 5.91. The van der Waals surface area contributed by atoms with Crippen LogP contribution in [0.3, 0.4) is 0 Å². The summed E-state index contributed by atoms with van der Waals surface area (Å²) in [5.41, 5.74) is 1.05. The third-order valence-electron chi connectivity index (χ3n) is 2.88. The summed E-state index contributed by atoms with van der Waals surface area (Å²) in [6.45, 7) is 5.22. The van der Waals surface area contributed by atoms with Crippen molar-refractivity contribution in [1.82, 2.24) is 10.3 Å². The van der Waals surface area contributed by atoms with E-state index >= 15 is 0 Å². The Balaban J connectivity index is 2.31. The van der Waals surface area contributed by atoms with E-state index in [1.54, 1.807) is 0 Å². The molecule has 3 heteroatoms. The van der Waals surface area contributed by atoms with Gasteiger partial charge in [-0.25, -0.2) is 0 Å². The van der Waals surface area contributed by atoms with Gasteiger partial charge in [-0.05, 0) is 25.0 Å². The average molecular weight is 206 g/mol. The summed E-state index contributed by atoms with van der Waals surface area (Å²) in [6.07, 6.45) is 4.17. The molecule has 0 saturated heterocycles. The second-order valence-electron chi connectivity index (χ2n) is 3.90. The monoisotopic (exact) mass is 206 g/mol. The minimum absolute atomic E-state index is 0.268. The number of aromatic nitrogens is 1. The van der Waals surface area contributed by atoms with Crippen molar-refractivity contribution >= 4 is 0 Å². The fourth-order valence-corrected chi connectivity index (χ4v) is 1.92. The van der Waals surface area contributed by atoms with Gasteiger partial charge in [0, 0.05) is 12.7 Å². The molecule has 2 atom stereocenters. The number of ether oxygens (including phenoxy) is 1. The van der Waals surface area contributed by atoms with Gasteiger partial charge in [0.2, 0.25) is 0 Å². The number of rotatable bonds is 2. The first kappa shape index (κ1) is 10.4. The van der Waals surface area contributed by atoms with Gasteiger partial charge in [-0.1, -0.05) is 13.8 Å². The lowest BCUT2D eigenvalue weighted by atomic mass is 10.1. The van der Waals surface area contributed by atoms with E-state index < -0.39 is 0 Å². The number of nitrogens with one attached hydrogen (secondary N) is 1. The zero-order valence-electron chi connectivity index (χ0n) is 9.36. The van der Waals surface area contributed by atoms with Crippen molar-refractivity contribution < 1.29 is 4.74 Å². The fraction of sp³-hybridized carbons (Fsp3) is 0.583. The number of hydrogen-bond acceptors (Lipinski definition) is 3. The van der Waals surface area contributed by atoms with Crippen molar-refractivity contribution in [2.45, 2.75) is 38.8 Å². The highest BCUT2D eigenvalue weighted by atomic mass is 16.5. The predicted octanol–water partition coefficient (Wildman–Crippen LogP) is 2.29. The van der Waals surface area contributed by atoms with Crippen LogP contribution in [0.4, 0.5) is 0 Å². The molecule has 0 fully saturated rings. The standard InChI is InChI=1S/C12H18N2O/c1-3-9-8-14-10(4-2)12-11(15-9)6-5-7-13-12/h5-7,9-10,14H,3-4,8H2,1-2H3/t9-,10?/m1/s1. The van der Waals surface area contributed by atoms with Crippen molar-refractivity contribution in [2.24, 2.45) is 0 Å². The first-order chi connectivity index (χ1) is 7.35. The predicted molar refractivity (Wildman–Crippen MR) is 60.0 cm³/mol. The molecule has 0 radical (unpaired) electrons. The highest BCUT2D eigenvalue weighted by Gasteiger charge is 2.22. The number of fused-ring (bicyclic) bond motifs is 1. The van der Waals surface area contributed by atoms with Gasteiger partial charge >= 0.3 is 0 Å². The van der Waals surface area contributed by atoms with Gasteiger partial charge in [-0.2, -0.15) is 0 Å². The van der Waals surface area contributed by atoms with E-state index in [0.717, 1.165) is 30.8 Å². The van der Waals surface area contributed by atoms with Gasteiger partial charge in [0.05, 0.1) is 11.7 Å². The maximum Gasteiger partial charge on any atom is 0.142 e. The first-order valence-electron chi connectivity index (χ1n) is 5.70. The van der Waals surface area contributed by atoms with Crippen molar-refractivity contribution in [3.05, 3.63) is 24.0 Å². The Bertz CT molecular complexity index is 327. The van der Waals surface area contributed by atoms with Crippen molar-refractivity contribution in [2.75, 3.05) is 6.54 Å². The van der Waals surface area contributed by atoms with E-state index in [4.69, 9.17) is 4.74 Å². The second-order valence-corrected chi connectivity index (χ2v) is 3.90. The molecule has 1 N–H and O–H groups in total. The lowest BCUT2D eigenvalue weighted by molar-refractivity contribution is 0.200. The van der Waals surface area contributed by atoms with E-state index in [0.29, 0.717) is 6.04 Å². The van der Waals surface area contributed by atoms with Gasteiger partial charge in [0.15, 0.2) is 0 Å². The normalized spacial score (nSPS) is 25.2. The topological polar surface area (TPSA) is 34.1 Å². The molecular weight excluding hydrogens is 188 g/mol. The van der Waals surface area contributed by atoms with E-state index in [1.165, 1.54) is 0 Å². The molecule has 15 heavy (non-hydrogen) atoms. The van der Waals surface area contributed by atoms with Crippen LogP contribution in [-0.4, -0.2) is 17.6 Å². The van der Waals surface area contributed by atoms with Crippen LogP contribution in [0.2, 0.25) is 0 Å². The van der Waals surface area contributed by atoms with Crippen molar-refractivity contribution in [1.29, 1.82) is 0 Å². The molecule has 82 valence electrons. The Kier molecular flexibility index (Phi) is 3.21. The summed E-state index contributed by atoms with van der Waals surface area (Å²) in [6, 6.07) is 4.28. The van der Waals surface area contributed by atoms with E-state index in [2.05, 4.69) is 24.1 Å². The van der Waals surface area contributed by atoms with Crippen LogP contribution in [-0.2, 0) is 0 Å². The highest BCUT2D eigenvalue weighted by Crippen LogP contribution is 2.28. The molecule has 2 heterocycles. The van der Waals surface area contributed by atoms with Crippen LogP contribution in [0.1, 0.15) is 38.4 Å². The minimum atomic E-state index is 0.268. The van der Waals surface area contributed by atoms with Crippen LogP contribution >= 0.6 is 0 Å². The van der Waals surface area contributed by atoms with Crippen LogP contribution in [0.25, 0.3) is 0 Å². The molecule has 2 rings (SSSR count). The minimum Gasteiger partial charge on any atom is -0.487 e. The third-order valence-corrected chi connectivity index (χ3v) is 2.88. The molecule has 0 spiro atoms. The van der Waals surface area contributed by atoms with Crippen molar-refractivity contribution in [3.63, 3.8) is 0 Å². The van der Waals surface area contributed by atoms with E-state index in [-0.39, 0.29) is 6.10 Å². The molecular formula is C12H18N2O. The summed E-state index contributed by atoms with van der Waals surface area (Å²) < 4.78 is 5.91. The van der Waals surface area contributed by atoms with Gasteiger partial charge in [0.1, 0.15) is 11.9 Å². The van der Waals surface area contributed by atoms with Gasteiger partial charge in [0.25, 0.3) is 0 Å². The number of hydrogen-bond donors (Lipinski definition) is 1. The molecule has 1 unspecified atom stereocenters. The maximum atomic E-state index is 5.91. The van der Waals surface area contributed by atoms with Crippen LogP contribution in [0.5, 0.6) is 5.75 Å². The van der Waals surface area contributed by atoms with Gasteiger partial charge in [-0.15, -0.1) is 0 Å². The summed E-state index contributed by atoms with van der Waals surface area (Å²) >= 11 is 0. The van der Waals surface area contributed by atoms with E-state index in [9.17, 15) is 0 Å². The van der Waals surface area contributed by atoms with Crippen LogP contribution < -0.4 is 10.1 Å². The molecule has 0 saturated carbocycles. The lowest BCUT2D eigenvalue weighted by Crippen LogP contribution is -2.29. The Hall–Kier alpha value is -1.09. The molecule has 0 amide bonds. The molecule has 1 aliphatic rings. The number of pyridine rings is 1. The van der Waals surface area contributed by atoms with Gasteiger partial charge < -0.3 is 10.1 Å². The molecule has 0 aromatic carbocycles. The summed E-state index contributed by atoms with van der Waals surface area (Å²) in [5, 5.41) is 3.50. The molecule has 3 nitrogen and oxygen atoms in total. The Morgan fingerprint density at radius 2 is 2.33 bits per heavy atom. The summed E-state index contributed by atoms with van der Waals surface area (Å²) in [5.74, 6) is 0.946. The zero-order valence-corrected chi connectivity index (χ0v) is 9.36. The molecule has 0 aliphatic carbocycles. The number of nitrogens with zero attached hydrogens (tertiary/aromatic N) is 1. The Morgan fingerprint density at radius 3 is 3.07 bits per heavy atom. The highest BCUT2D eigenvalue weighted by molar-refractivity contribution is 5.30. The van der Waals surface area contributed by atoms with Crippen LogP contribution in [0, 0.1) is 0 Å². The molecule has 1 aromatic rings. The Labute approximate surface area is 90.9 Å². The fourth-order valence-electron chi connectivity index (χ4n) is 1.92. The third kappa shape index (κ3) is 2.12. The van der Waals surface area contributed by atoms with E-state index in [1.807, 2.05) is 18.3 Å². The molecule has 1 aliphatic heterocycles. The smallest absolute Gasteiger partial charge is 0.142 e. The van der Waals surface area contributed by atoms with Crippen molar-refractivity contribution in [3.8, 4) is 5.75 Å².